The summed E-state index contributed by atoms with van der Waals surface area (Å²) in [6, 6.07) is 11.5. The van der Waals surface area contributed by atoms with Gasteiger partial charge in [0.05, 0.1) is 10.4 Å². The van der Waals surface area contributed by atoms with Crippen molar-refractivity contribution in [1.29, 1.82) is 0 Å². The van der Waals surface area contributed by atoms with Gasteiger partial charge in [0.1, 0.15) is 5.39 Å². The quantitative estimate of drug-likeness (QED) is 0.353. The summed E-state index contributed by atoms with van der Waals surface area (Å²) < 4.78 is 3.71. The molecular formula is C23H23N3O2S. The largest absolute Gasteiger partial charge is 0.328 e. The van der Waals surface area contributed by atoms with Gasteiger partial charge in [-0.2, -0.15) is 0 Å². The van der Waals surface area contributed by atoms with Crippen LogP contribution in [0.15, 0.2) is 51.4 Å². The van der Waals surface area contributed by atoms with Gasteiger partial charge in [0.25, 0.3) is 5.56 Å². The summed E-state index contributed by atoms with van der Waals surface area (Å²) in [6.45, 7) is 0. The summed E-state index contributed by atoms with van der Waals surface area (Å²) in [5, 5.41) is 2.77. The van der Waals surface area contributed by atoms with Crippen molar-refractivity contribution in [3.8, 4) is 10.7 Å². The molecule has 1 aliphatic rings. The number of hydrogen-bond donors (Lipinski definition) is 0. The molecule has 0 radical (unpaired) electrons. The third kappa shape index (κ3) is 2.94. The van der Waals surface area contributed by atoms with Crippen LogP contribution in [0.1, 0.15) is 44.6 Å². The summed E-state index contributed by atoms with van der Waals surface area (Å²) in [7, 11) is 1.88. The van der Waals surface area contributed by atoms with Gasteiger partial charge in [0.15, 0.2) is 11.5 Å². The number of para-hydroxylation sites is 1. The highest BCUT2D eigenvalue weighted by molar-refractivity contribution is 7.13. The molecule has 0 N–H and O–H groups in total. The monoisotopic (exact) mass is 405 g/mol. The van der Waals surface area contributed by atoms with Gasteiger partial charge in [0.2, 0.25) is 5.43 Å². The number of aryl methyl sites for hydroxylation is 1. The molecular weight excluding hydrogens is 382 g/mol. The minimum absolute atomic E-state index is 0.0928. The standard InChI is InChI=1S/C23H23N3O2S/c1-25-17-12-7-6-11-16(17)20(27)19-22(25)24-21(18-13-8-14-29-18)26(23(19)28)15-9-4-2-3-5-10-15/h6-8,11-15H,2-5,9-10H2,1H3. The van der Waals surface area contributed by atoms with Crippen molar-refractivity contribution in [1.82, 2.24) is 14.1 Å². The molecule has 1 aliphatic carbocycles. The highest BCUT2D eigenvalue weighted by Gasteiger charge is 2.24. The van der Waals surface area contributed by atoms with Crippen LogP contribution in [0.3, 0.4) is 0 Å². The molecule has 0 aliphatic heterocycles. The molecule has 1 fully saturated rings. The van der Waals surface area contributed by atoms with E-state index in [-0.39, 0.29) is 22.4 Å². The molecule has 0 unspecified atom stereocenters. The first-order chi connectivity index (χ1) is 14.2. The lowest BCUT2D eigenvalue weighted by Gasteiger charge is -2.22. The molecule has 0 saturated heterocycles. The van der Waals surface area contributed by atoms with E-state index in [2.05, 4.69) is 0 Å². The van der Waals surface area contributed by atoms with Crippen LogP contribution in [0.4, 0.5) is 0 Å². The molecule has 3 aromatic heterocycles. The predicted molar refractivity (Wildman–Crippen MR) is 119 cm³/mol. The third-order valence-electron chi connectivity index (χ3n) is 6.08. The molecule has 29 heavy (non-hydrogen) atoms. The zero-order chi connectivity index (χ0) is 20.0. The lowest BCUT2D eigenvalue weighted by molar-refractivity contribution is 0.434. The number of hydrogen-bond acceptors (Lipinski definition) is 4. The third-order valence-corrected chi connectivity index (χ3v) is 6.95. The molecule has 6 heteroatoms. The molecule has 0 bridgehead atoms. The van der Waals surface area contributed by atoms with E-state index >= 15 is 0 Å². The lowest BCUT2D eigenvalue weighted by Crippen LogP contribution is -2.31. The summed E-state index contributed by atoms with van der Waals surface area (Å²) in [6.07, 6.45) is 6.53. The normalized spacial score (nSPS) is 15.8. The maximum Gasteiger partial charge on any atom is 0.267 e. The van der Waals surface area contributed by atoms with Crippen molar-refractivity contribution in [2.45, 2.75) is 44.6 Å². The first-order valence-corrected chi connectivity index (χ1v) is 11.1. The fourth-order valence-corrected chi connectivity index (χ4v) is 5.32. The smallest absolute Gasteiger partial charge is 0.267 e. The second-order valence-corrected chi connectivity index (χ2v) is 8.78. The van der Waals surface area contributed by atoms with Crippen molar-refractivity contribution in [2.75, 3.05) is 0 Å². The number of benzene rings is 1. The Morgan fingerprint density at radius 1 is 1.00 bits per heavy atom. The van der Waals surface area contributed by atoms with Crippen LogP contribution in [-0.2, 0) is 7.05 Å². The lowest BCUT2D eigenvalue weighted by atomic mass is 10.1. The second-order valence-electron chi connectivity index (χ2n) is 7.84. The Kier molecular flexibility index (Phi) is 4.59. The topological polar surface area (TPSA) is 56.9 Å². The Morgan fingerprint density at radius 2 is 1.76 bits per heavy atom. The predicted octanol–water partition coefficient (Wildman–Crippen LogP) is 4.87. The zero-order valence-corrected chi connectivity index (χ0v) is 17.2. The Morgan fingerprint density at radius 3 is 2.48 bits per heavy atom. The van der Waals surface area contributed by atoms with Gasteiger partial charge in [0, 0.05) is 18.5 Å². The van der Waals surface area contributed by atoms with Gasteiger partial charge in [-0.3, -0.25) is 14.2 Å². The maximum atomic E-state index is 13.8. The molecule has 0 amide bonds. The molecule has 5 nitrogen and oxygen atoms in total. The molecule has 148 valence electrons. The van der Waals surface area contributed by atoms with E-state index in [1.165, 1.54) is 12.8 Å². The van der Waals surface area contributed by atoms with Crippen LogP contribution in [0, 0.1) is 0 Å². The van der Waals surface area contributed by atoms with Gasteiger partial charge in [-0.25, -0.2) is 4.98 Å². The van der Waals surface area contributed by atoms with E-state index in [4.69, 9.17) is 4.98 Å². The van der Waals surface area contributed by atoms with Crippen LogP contribution < -0.4 is 11.0 Å². The molecule has 0 spiro atoms. The van der Waals surface area contributed by atoms with E-state index in [1.807, 2.05) is 51.9 Å². The van der Waals surface area contributed by atoms with Gasteiger partial charge in [-0.15, -0.1) is 11.3 Å². The Hall–Kier alpha value is -2.73. The van der Waals surface area contributed by atoms with Gasteiger partial charge >= 0.3 is 0 Å². The Balaban J connectivity index is 1.92. The molecule has 1 aromatic carbocycles. The number of rotatable bonds is 2. The van der Waals surface area contributed by atoms with E-state index in [0.29, 0.717) is 16.9 Å². The summed E-state index contributed by atoms with van der Waals surface area (Å²) in [5.41, 5.74) is 0.844. The van der Waals surface area contributed by atoms with Gasteiger partial charge in [-0.1, -0.05) is 43.9 Å². The second kappa shape index (κ2) is 7.26. The number of pyridine rings is 1. The Labute approximate surface area is 172 Å². The first-order valence-electron chi connectivity index (χ1n) is 10.2. The van der Waals surface area contributed by atoms with E-state index in [9.17, 15) is 9.59 Å². The van der Waals surface area contributed by atoms with Crippen LogP contribution >= 0.6 is 11.3 Å². The minimum atomic E-state index is -0.216. The first kappa shape index (κ1) is 18.3. The molecule has 5 rings (SSSR count). The highest BCUT2D eigenvalue weighted by atomic mass is 32.1. The van der Waals surface area contributed by atoms with Crippen LogP contribution in [0.5, 0.6) is 0 Å². The van der Waals surface area contributed by atoms with Crippen molar-refractivity contribution in [3.05, 3.63) is 62.4 Å². The fourth-order valence-electron chi connectivity index (χ4n) is 4.61. The van der Waals surface area contributed by atoms with E-state index in [1.54, 1.807) is 17.4 Å². The van der Waals surface area contributed by atoms with Crippen LogP contribution in [0.25, 0.3) is 32.6 Å². The number of nitrogens with zero attached hydrogens (tertiary/aromatic N) is 3. The number of thiophene rings is 1. The molecule has 0 atom stereocenters. The molecule has 1 saturated carbocycles. The number of fused-ring (bicyclic) bond motifs is 2. The number of aromatic nitrogens is 3. The van der Waals surface area contributed by atoms with Gasteiger partial charge < -0.3 is 4.57 Å². The molecule has 3 heterocycles. The zero-order valence-electron chi connectivity index (χ0n) is 16.4. The van der Waals surface area contributed by atoms with E-state index < -0.39 is 0 Å². The van der Waals surface area contributed by atoms with Crippen molar-refractivity contribution >= 4 is 33.3 Å². The SMILES string of the molecule is Cn1c2ccccc2c(=O)c2c(=O)n(C3CCCCCC3)c(-c3cccs3)nc21. The highest BCUT2D eigenvalue weighted by Crippen LogP contribution is 2.32. The fraction of sp³-hybridized carbons (Fsp3) is 0.348. The van der Waals surface area contributed by atoms with Gasteiger partial charge in [-0.05, 0) is 36.4 Å². The van der Waals surface area contributed by atoms with Crippen molar-refractivity contribution < 1.29 is 0 Å². The molecule has 4 aromatic rings. The van der Waals surface area contributed by atoms with Crippen molar-refractivity contribution in [2.24, 2.45) is 7.05 Å². The summed E-state index contributed by atoms with van der Waals surface area (Å²) >= 11 is 1.58. The van der Waals surface area contributed by atoms with Crippen LogP contribution in [-0.4, -0.2) is 14.1 Å². The average molecular weight is 406 g/mol. The average Bonchev–Trinajstić information content (AvgIpc) is 3.15. The van der Waals surface area contributed by atoms with Crippen LogP contribution in [0.2, 0.25) is 0 Å². The maximum absolute atomic E-state index is 13.8. The van der Waals surface area contributed by atoms with Crippen molar-refractivity contribution in [3.63, 3.8) is 0 Å². The van der Waals surface area contributed by atoms with E-state index in [0.717, 1.165) is 36.1 Å². The Bertz CT molecular complexity index is 1310. The minimum Gasteiger partial charge on any atom is -0.328 e. The summed E-state index contributed by atoms with van der Waals surface area (Å²) in [5.74, 6) is 0.690. The summed E-state index contributed by atoms with van der Waals surface area (Å²) in [4.78, 5) is 33.0.